The topological polar surface area (TPSA) is 38.0 Å². The molecule has 0 aliphatic heterocycles. The van der Waals surface area contributed by atoms with E-state index in [0.717, 1.165) is 5.70 Å². The summed E-state index contributed by atoms with van der Waals surface area (Å²) in [5, 5.41) is 2.96. The Balaban J connectivity index is 0. The van der Waals surface area contributed by atoms with Crippen molar-refractivity contribution in [3.05, 3.63) is 36.2 Å². The van der Waals surface area contributed by atoms with Crippen LogP contribution < -0.4 is 11.1 Å². The minimum atomic E-state index is 0.710. The number of hydrogen-bond donors (Lipinski definition) is 2. The zero-order valence-corrected chi connectivity index (χ0v) is 8.52. The van der Waals surface area contributed by atoms with Gasteiger partial charge in [-0.1, -0.05) is 26.5 Å². The summed E-state index contributed by atoms with van der Waals surface area (Å²) in [7, 11) is 1.85. The molecule has 0 amide bonds. The average Bonchev–Trinajstić information content (AvgIpc) is 2.08. The summed E-state index contributed by atoms with van der Waals surface area (Å²) in [4.78, 5) is 0. The van der Waals surface area contributed by atoms with Gasteiger partial charge in [-0.3, -0.25) is 0 Å². The maximum atomic E-state index is 5.53. The Morgan fingerprint density at radius 2 is 1.92 bits per heavy atom. The molecule has 0 saturated heterocycles. The first-order chi connectivity index (χ1) is 5.70. The summed E-state index contributed by atoms with van der Waals surface area (Å²) >= 11 is 0. The van der Waals surface area contributed by atoms with E-state index in [1.165, 1.54) is 0 Å². The number of nitrogens with two attached hydrogens (primary N) is 1. The van der Waals surface area contributed by atoms with Crippen LogP contribution in [0.3, 0.4) is 0 Å². The van der Waals surface area contributed by atoms with Crippen molar-refractivity contribution in [3.8, 4) is 0 Å². The summed E-state index contributed by atoms with van der Waals surface area (Å²) < 4.78 is 0. The zero-order valence-electron chi connectivity index (χ0n) is 8.52. The summed E-state index contributed by atoms with van der Waals surface area (Å²) in [6, 6.07) is 0. The monoisotopic (exact) mass is 168 g/mol. The molecule has 0 fully saturated rings. The van der Waals surface area contributed by atoms with Crippen LogP contribution in [0.1, 0.15) is 20.8 Å². The van der Waals surface area contributed by atoms with E-state index in [0.29, 0.717) is 5.70 Å². The Hall–Kier alpha value is -1.18. The molecule has 0 spiro atoms. The van der Waals surface area contributed by atoms with Gasteiger partial charge in [0.1, 0.15) is 0 Å². The van der Waals surface area contributed by atoms with Gasteiger partial charge in [-0.05, 0) is 19.1 Å². The molecular weight excluding hydrogens is 148 g/mol. The molecule has 70 valence electrons. The standard InChI is InChI=1S/C8H14N2.C2H6/c1-4-5-8(9)6-7(2)10-3;1-2/h4-6,10H,1,9H2,2-3H3;1-2H3/b7-6+,8-5+;. The quantitative estimate of drug-likeness (QED) is 0.634. The van der Waals surface area contributed by atoms with Crippen LogP contribution in [0.25, 0.3) is 0 Å². The molecular formula is C10H20N2. The van der Waals surface area contributed by atoms with Crippen LogP contribution in [-0.2, 0) is 0 Å². The average molecular weight is 168 g/mol. The second-order valence-corrected chi connectivity index (χ2v) is 1.98. The zero-order chi connectivity index (χ0) is 9.98. The SMILES string of the molecule is C=C/C=C(N)\C=C(/C)NC.CC. The fourth-order valence-corrected chi connectivity index (χ4v) is 0.506. The molecule has 0 heterocycles. The van der Waals surface area contributed by atoms with Gasteiger partial charge < -0.3 is 11.1 Å². The number of allylic oxidation sites excluding steroid dienone is 4. The van der Waals surface area contributed by atoms with E-state index >= 15 is 0 Å². The van der Waals surface area contributed by atoms with Gasteiger partial charge >= 0.3 is 0 Å². The van der Waals surface area contributed by atoms with E-state index in [2.05, 4.69) is 11.9 Å². The van der Waals surface area contributed by atoms with E-state index in [-0.39, 0.29) is 0 Å². The van der Waals surface area contributed by atoms with Gasteiger partial charge in [0.05, 0.1) is 0 Å². The lowest BCUT2D eigenvalue weighted by molar-refractivity contribution is 0.985. The van der Waals surface area contributed by atoms with E-state index < -0.39 is 0 Å². The Morgan fingerprint density at radius 3 is 2.25 bits per heavy atom. The highest BCUT2D eigenvalue weighted by Crippen LogP contribution is 1.91. The summed E-state index contributed by atoms with van der Waals surface area (Å²) in [6.45, 7) is 9.48. The minimum absolute atomic E-state index is 0.710. The van der Waals surface area contributed by atoms with Crippen molar-refractivity contribution in [2.24, 2.45) is 5.73 Å². The second kappa shape index (κ2) is 9.82. The van der Waals surface area contributed by atoms with Crippen molar-refractivity contribution < 1.29 is 0 Å². The van der Waals surface area contributed by atoms with Gasteiger partial charge in [0, 0.05) is 18.4 Å². The van der Waals surface area contributed by atoms with Gasteiger partial charge in [-0.25, -0.2) is 0 Å². The molecule has 0 atom stereocenters. The molecule has 2 heteroatoms. The van der Waals surface area contributed by atoms with Crippen LogP contribution in [0.2, 0.25) is 0 Å². The molecule has 0 aromatic heterocycles. The van der Waals surface area contributed by atoms with Gasteiger partial charge in [-0.2, -0.15) is 0 Å². The van der Waals surface area contributed by atoms with E-state index in [4.69, 9.17) is 5.73 Å². The molecule has 0 bridgehead atoms. The third-order valence-electron chi connectivity index (χ3n) is 1.09. The molecule has 12 heavy (non-hydrogen) atoms. The first-order valence-corrected chi connectivity index (χ1v) is 4.15. The normalized spacial score (nSPS) is 11.3. The first kappa shape index (κ1) is 13.4. The lowest BCUT2D eigenvalue weighted by Crippen LogP contribution is -2.04. The van der Waals surface area contributed by atoms with Crippen LogP contribution in [0, 0.1) is 0 Å². The number of nitrogens with one attached hydrogen (secondary N) is 1. The lowest BCUT2D eigenvalue weighted by atomic mass is 10.3. The van der Waals surface area contributed by atoms with Crippen LogP contribution in [0.15, 0.2) is 36.2 Å². The Kier molecular flexibility index (Phi) is 11.0. The summed E-state index contributed by atoms with van der Waals surface area (Å²) in [5.74, 6) is 0. The highest BCUT2D eigenvalue weighted by Gasteiger charge is 1.82. The largest absolute Gasteiger partial charge is 0.399 e. The molecule has 0 aromatic carbocycles. The van der Waals surface area contributed by atoms with Gasteiger partial charge in [0.25, 0.3) is 0 Å². The van der Waals surface area contributed by atoms with Crippen molar-refractivity contribution in [1.82, 2.24) is 5.32 Å². The smallest absolute Gasteiger partial charge is 0.0330 e. The highest BCUT2D eigenvalue weighted by molar-refractivity contribution is 5.22. The third kappa shape index (κ3) is 8.82. The van der Waals surface area contributed by atoms with Gasteiger partial charge in [0.15, 0.2) is 0 Å². The number of rotatable bonds is 3. The summed E-state index contributed by atoms with van der Waals surface area (Å²) in [6.07, 6.45) is 5.26. The predicted octanol–water partition coefficient (Wildman–Crippen LogP) is 2.16. The molecule has 0 aromatic rings. The maximum Gasteiger partial charge on any atom is 0.0330 e. The van der Waals surface area contributed by atoms with Gasteiger partial charge in [-0.15, -0.1) is 0 Å². The van der Waals surface area contributed by atoms with Crippen LogP contribution in [0.5, 0.6) is 0 Å². The summed E-state index contributed by atoms with van der Waals surface area (Å²) in [5.41, 5.74) is 7.28. The molecule has 0 saturated carbocycles. The molecule has 0 unspecified atom stereocenters. The van der Waals surface area contributed by atoms with Crippen molar-refractivity contribution in [3.63, 3.8) is 0 Å². The van der Waals surface area contributed by atoms with E-state index in [9.17, 15) is 0 Å². The van der Waals surface area contributed by atoms with E-state index in [1.807, 2.05) is 33.9 Å². The predicted molar refractivity (Wildman–Crippen MR) is 56.6 cm³/mol. The van der Waals surface area contributed by atoms with Gasteiger partial charge in [0.2, 0.25) is 0 Å². The molecule has 3 N–H and O–H groups in total. The molecule has 0 rings (SSSR count). The van der Waals surface area contributed by atoms with Crippen LogP contribution in [0.4, 0.5) is 0 Å². The Labute approximate surface area is 75.9 Å². The van der Waals surface area contributed by atoms with Crippen LogP contribution >= 0.6 is 0 Å². The fraction of sp³-hybridized carbons (Fsp3) is 0.400. The van der Waals surface area contributed by atoms with Crippen molar-refractivity contribution >= 4 is 0 Å². The van der Waals surface area contributed by atoms with Crippen molar-refractivity contribution in [2.45, 2.75) is 20.8 Å². The lowest BCUT2D eigenvalue weighted by Gasteiger charge is -1.97. The van der Waals surface area contributed by atoms with Crippen molar-refractivity contribution in [2.75, 3.05) is 7.05 Å². The maximum absolute atomic E-state index is 5.53. The molecule has 0 aliphatic carbocycles. The fourth-order valence-electron chi connectivity index (χ4n) is 0.506. The third-order valence-corrected chi connectivity index (χ3v) is 1.09. The van der Waals surface area contributed by atoms with E-state index in [1.54, 1.807) is 12.2 Å². The first-order valence-electron chi connectivity index (χ1n) is 4.15. The number of hydrogen-bond acceptors (Lipinski definition) is 2. The van der Waals surface area contributed by atoms with Crippen molar-refractivity contribution in [1.29, 1.82) is 0 Å². The molecule has 0 radical (unpaired) electrons. The second-order valence-electron chi connectivity index (χ2n) is 1.98. The minimum Gasteiger partial charge on any atom is -0.399 e. The highest BCUT2D eigenvalue weighted by atomic mass is 14.8. The molecule has 0 aliphatic rings. The Morgan fingerprint density at radius 1 is 1.42 bits per heavy atom. The molecule has 2 nitrogen and oxygen atoms in total. The Bertz CT molecular complexity index is 167. The van der Waals surface area contributed by atoms with Crippen LogP contribution in [-0.4, -0.2) is 7.05 Å².